The van der Waals surface area contributed by atoms with Gasteiger partial charge in [0.15, 0.2) is 0 Å². The van der Waals surface area contributed by atoms with Crippen LogP contribution in [0.3, 0.4) is 0 Å². The molecule has 174 valence electrons. The monoisotopic (exact) mass is 483 g/mol. The molecule has 0 aliphatic carbocycles. The first-order valence-electron chi connectivity index (χ1n) is 10.2. The summed E-state index contributed by atoms with van der Waals surface area (Å²) in [4.78, 5) is 37.6. The number of pyridine rings is 1. The minimum atomic E-state index is -1.11. The van der Waals surface area contributed by atoms with Crippen LogP contribution in [0.4, 0.5) is 20.6 Å². The molecule has 2 heterocycles. The first-order chi connectivity index (χ1) is 16.4. The number of carbonyl (C=O) groups excluding carboxylic acids is 2. The predicted molar refractivity (Wildman–Crippen MR) is 126 cm³/mol. The quantitative estimate of drug-likeness (QED) is 0.516. The van der Waals surface area contributed by atoms with Gasteiger partial charge in [-0.2, -0.15) is 5.10 Å². The molecular formula is C23H19ClFN5O4. The molecule has 34 heavy (non-hydrogen) atoms. The van der Waals surface area contributed by atoms with Gasteiger partial charge in [0.25, 0.3) is 5.56 Å². The lowest BCUT2D eigenvalue weighted by Crippen LogP contribution is -2.43. The number of halogens is 2. The highest BCUT2D eigenvalue weighted by Gasteiger charge is 2.36. The van der Waals surface area contributed by atoms with Gasteiger partial charge in [-0.15, -0.1) is 0 Å². The Morgan fingerprint density at radius 1 is 1.12 bits per heavy atom. The number of anilines is 2. The van der Waals surface area contributed by atoms with Gasteiger partial charge in [-0.1, -0.05) is 17.7 Å². The van der Waals surface area contributed by atoms with Crippen LogP contribution in [0.25, 0.3) is 5.69 Å². The first kappa shape index (κ1) is 23.1. The van der Waals surface area contributed by atoms with Gasteiger partial charge in [0.1, 0.15) is 11.9 Å². The van der Waals surface area contributed by atoms with Crippen molar-refractivity contribution >= 4 is 40.6 Å². The van der Waals surface area contributed by atoms with E-state index >= 15 is 0 Å². The normalized spacial score (nSPS) is 15.1. The Morgan fingerprint density at radius 2 is 1.88 bits per heavy atom. The van der Waals surface area contributed by atoms with E-state index in [1.54, 1.807) is 36.4 Å². The van der Waals surface area contributed by atoms with E-state index in [0.717, 1.165) is 11.1 Å². The molecule has 0 radical (unpaired) electrons. The number of hydrazone groups is 1. The molecule has 9 nitrogen and oxygen atoms in total. The summed E-state index contributed by atoms with van der Waals surface area (Å²) in [5.41, 5.74) is 0.482. The molecule has 3 aromatic rings. The SMILES string of the molecule is O=C(Nc1ccc(-n2ccccc2=O)cc1F)C1CC(CO)=NN1C(=O)Nc1ccc(Cl)cc1. The van der Waals surface area contributed by atoms with Crippen molar-refractivity contribution in [1.82, 2.24) is 9.58 Å². The van der Waals surface area contributed by atoms with E-state index in [-0.39, 0.29) is 29.1 Å². The molecule has 1 aliphatic heterocycles. The van der Waals surface area contributed by atoms with Crippen molar-refractivity contribution in [2.24, 2.45) is 5.10 Å². The van der Waals surface area contributed by atoms with Crippen molar-refractivity contribution in [3.8, 4) is 5.69 Å². The smallest absolute Gasteiger partial charge is 0.343 e. The summed E-state index contributed by atoms with van der Waals surface area (Å²) in [6.07, 6.45) is 1.48. The number of hydrogen-bond acceptors (Lipinski definition) is 5. The Labute approximate surface area is 198 Å². The molecule has 3 amide bonds. The van der Waals surface area contributed by atoms with Gasteiger partial charge in [-0.3, -0.25) is 14.2 Å². The summed E-state index contributed by atoms with van der Waals surface area (Å²) in [7, 11) is 0. The summed E-state index contributed by atoms with van der Waals surface area (Å²) in [5.74, 6) is -1.46. The number of urea groups is 1. The third-order valence-corrected chi connectivity index (χ3v) is 5.33. The average Bonchev–Trinajstić information content (AvgIpc) is 3.27. The lowest BCUT2D eigenvalue weighted by Gasteiger charge is -2.21. The van der Waals surface area contributed by atoms with Gasteiger partial charge in [-0.05, 0) is 42.5 Å². The van der Waals surface area contributed by atoms with Crippen LogP contribution in [-0.4, -0.2) is 45.0 Å². The fraction of sp³-hybridized carbons (Fsp3) is 0.130. The maximum Gasteiger partial charge on any atom is 0.343 e. The molecule has 0 saturated carbocycles. The van der Waals surface area contributed by atoms with Crippen LogP contribution in [-0.2, 0) is 4.79 Å². The Bertz CT molecular complexity index is 1330. The maximum absolute atomic E-state index is 14.7. The molecule has 3 N–H and O–H groups in total. The number of nitrogens with zero attached hydrogens (tertiary/aromatic N) is 3. The van der Waals surface area contributed by atoms with Crippen molar-refractivity contribution in [3.63, 3.8) is 0 Å². The molecule has 4 rings (SSSR count). The fourth-order valence-electron chi connectivity index (χ4n) is 3.39. The van der Waals surface area contributed by atoms with Crippen LogP contribution >= 0.6 is 11.6 Å². The number of benzene rings is 2. The average molecular weight is 484 g/mol. The highest BCUT2D eigenvalue weighted by molar-refractivity contribution is 6.30. The second-order valence-electron chi connectivity index (χ2n) is 7.39. The first-order valence-corrected chi connectivity index (χ1v) is 10.5. The number of aliphatic hydroxyl groups excluding tert-OH is 1. The molecule has 11 heteroatoms. The van der Waals surface area contributed by atoms with E-state index in [1.165, 1.54) is 29.0 Å². The van der Waals surface area contributed by atoms with Crippen LogP contribution in [0.1, 0.15) is 6.42 Å². The van der Waals surface area contributed by atoms with Gasteiger partial charge in [0.2, 0.25) is 5.91 Å². The van der Waals surface area contributed by atoms with Gasteiger partial charge in [0.05, 0.1) is 23.7 Å². The number of carbonyl (C=O) groups is 2. The van der Waals surface area contributed by atoms with Gasteiger partial charge < -0.3 is 15.7 Å². The summed E-state index contributed by atoms with van der Waals surface area (Å²) < 4.78 is 16.0. The van der Waals surface area contributed by atoms with Gasteiger partial charge >= 0.3 is 6.03 Å². The Hall–Kier alpha value is -4.02. The van der Waals surface area contributed by atoms with Gasteiger partial charge in [-0.25, -0.2) is 14.2 Å². The van der Waals surface area contributed by atoms with Crippen LogP contribution < -0.4 is 16.2 Å². The summed E-state index contributed by atoms with van der Waals surface area (Å²) >= 11 is 5.85. The molecule has 1 aromatic heterocycles. The zero-order valence-electron chi connectivity index (χ0n) is 17.6. The molecule has 0 saturated heterocycles. The largest absolute Gasteiger partial charge is 0.390 e. The molecule has 0 bridgehead atoms. The topological polar surface area (TPSA) is 116 Å². The standard InChI is InChI=1S/C23H19ClFN5O4/c24-14-4-6-15(7-5-14)26-23(34)30-20(11-16(13-31)28-30)22(33)27-19-9-8-17(12-18(19)25)29-10-2-1-3-21(29)32/h1-10,12,20,31H,11,13H2,(H,26,34)(H,27,33). The second-order valence-corrected chi connectivity index (χ2v) is 7.82. The minimum Gasteiger partial charge on any atom is -0.390 e. The Kier molecular flexibility index (Phi) is 6.71. The number of aromatic nitrogens is 1. The summed E-state index contributed by atoms with van der Waals surface area (Å²) in [6, 6.07) is 13.0. The number of nitrogens with one attached hydrogen (secondary N) is 2. The minimum absolute atomic E-state index is 0.0184. The second kappa shape index (κ2) is 9.86. The van der Waals surface area contributed by atoms with E-state index in [2.05, 4.69) is 15.7 Å². The predicted octanol–water partition coefficient (Wildman–Crippen LogP) is 3.22. The number of amides is 3. The maximum atomic E-state index is 14.7. The number of hydrogen-bond donors (Lipinski definition) is 3. The molecule has 1 aliphatic rings. The van der Waals surface area contributed by atoms with Crippen molar-refractivity contribution in [3.05, 3.63) is 88.1 Å². The third-order valence-electron chi connectivity index (χ3n) is 5.07. The van der Waals surface area contributed by atoms with E-state index in [9.17, 15) is 23.9 Å². The van der Waals surface area contributed by atoms with Crippen molar-refractivity contribution in [2.75, 3.05) is 17.2 Å². The Morgan fingerprint density at radius 3 is 2.56 bits per heavy atom. The molecule has 0 spiro atoms. The van der Waals surface area contributed by atoms with Crippen LogP contribution in [0, 0.1) is 5.82 Å². The van der Waals surface area contributed by atoms with Crippen LogP contribution in [0.2, 0.25) is 5.02 Å². The fourth-order valence-corrected chi connectivity index (χ4v) is 3.51. The zero-order valence-corrected chi connectivity index (χ0v) is 18.4. The highest BCUT2D eigenvalue weighted by atomic mass is 35.5. The van der Waals surface area contributed by atoms with E-state index < -0.39 is 30.4 Å². The summed E-state index contributed by atoms with van der Waals surface area (Å²) in [5, 5.41) is 19.9. The lowest BCUT2D eigenvalue weighted by atomic mass is 10.1. The summed E-state index contributed by atoms with van der Waals surface area (Å²) in [6.45, 7) is -0.441. The van der Waals surface area contributed by atoms with Crippen molar-refractivity contribution < 1.29 is 19.1 Å². The van der Waals surface area contributed by atoms with Crippen molar-refractivity contribution in [2.45, 2.75) is 12.5 Å². The number of rotatable bonds is 5. The molecular weight excluding hydrogens is 465 g/mol. The zero-order chi connectivity index (χ0) is 24.2. The molecule has 1 atom stereocenters. The van der Waals surface area contributed by atoms with Crippen LogP contribution in [0.15, 0.2) is 76.8 Å². The van der Waals surface area contributed by atoms with Crippen LogP contribution in [0.5, 0.6) is 0 Å². The Balaban J connectivity index is 1.51. The van der Waals surface area contributed by atoms with Crippen molar-refractivity contribution in [1.29, 1.82) is 0 Å². The molecule has 0 fully saturated rings. The van der Waals surface area contributed by atoms with E-state index in [0.29, 0.717) is 10.7 Å². The number of aliphatic hydroxyl groups is 1. The lowest BCUT2D eigenvalue weighted by molar-refractivity contribution is -0.119. The van der Waals surface area contributed by atoms with Gasteiger partial charge in [0, 0.05) is 35.5 Å². The highest BCUT2D eigenvalue weighted by Crippen LogP contribution is 2.23. The molecule has 1 unspecified atom stereocenters. The van der Waals surface area contributed by atoms with E-state index in [1.807, 2.05) is 0 Å². The molecule has 2 aromatic carbocycles. The van der Waals surface area contributed by atoms with E-state index in [4.69, 9.17) is 11.6 Å². The third kappa shape index (κ3) is 4.98.